The summed E-state index contributed by atoms with van der Waals surface area (Å²) in [6, 6.07) is 5.96. The normalized spacial score (nSPS) is 34.4. The molecule has 2 atom stereocenters. The molecule has 0 spiro atoms. The molecule has 2 aliphatic rings. The van der Waals surface area contributed by atoms with Crippen LogP contribution in [0.2, 0.25) is 0 Å². The van der Waals surface area contributed by atoms with E-state index in [2.05, 4.69) is 11.0 Å². The molecule has 3 heteroatoms. The molecule has 2 bridgehead atoms. The van der Waals surface area contributed by atoms with Crippen LogP contribution in [0.5, 0.6) is 0 Å². The molecule has 88 valence electrons. The third kappa shape index (κ3) is 1.89. The molecule has 2 fully saturated rings. The zero-order valence-corrected chi connectivity index (χ0v) is 9.64. The SMILES string of the molecule is NC1CC2CCC(C1)N2CCc1ccco1. The van der Waals surface area contributed by atoms with E-state index in [1.165, 1.54) is 25.7 Å². The first kappa shape index (κ1) is 10.4. The Labute approximate surface area is 96.6 Å². The molecule has 3 heterocycles. The third-order valence-electron chi connectivity index (χ3n) is 4.12. The highest BCUT2D eigenvalue weighted by Crippen LogP contribution is 2.34. The molecule has 2 aliphatic heterocycles. The molecule has 0 radical (unpaired) electrons. The molecule has 2 unspecified atom stereocenters. The summed E-state index contributed by atoms with van der Waals surface area (Å²) in [4.78, 5) is 2.66. The van der Waals surface area contributed by atoms with E-state index in [9.17, 15) is 0 Å². The van der Waals surface area contributed by atoms with Crippen molar-refractivity contribution in [3.63, 3.8) is 0 Å². The largest absolute Gasteiger partial charge is 0.469 e. The fraction of sp³-hybridized carbons (Fsp3) is 0.692. The molecular weight excluding hydrogens is 200 g/mol. The average molecular weight is 220 g/mol. The van der Waals surface area contributed by atoms with Crippen LogP contribution in [0.1, 0.15) is 31.4 Å². The standard InChI is InChI=1S/C13H20N2O/c14-10-8-11-3-4-12(9-10)15(11)6-5-13-2-1-7-16-13/h1-2,7,10-12H,3-6,8-9,14H2. The lowest BCUT2D eigenvalue weighted by Gasteiger charge is -2.37. The van der Waals surface area contributed by atoms with Crippen LogP contribution in [0, 0.1) is 0 Å². The number of nitrogens with zero attached hydrogens (tertiary/aromatic N) is 1. The highest BCUT2D eigenvalue weighted by Gasteiger charge is 2.38. The number of fused-ring (bicyclic) bond motifs is 2. The molecule has 2 N–H and O–H groups in total. The zero-order valence-electron chi connectivity index (χ0n) is 9.64. The maximum atomic E-state index is 6.06. The number of rotatable bonds is 3. The molecule has 3 nitrogen and oxygen atoms in total. The minimum atomic E-state index is 0.442. The summed E-state index contributed by atoms with van der Waals surface area (Å²) < 4.78 is 5.39. The molecule has 2 saturated heterocycles. The lowest BCUT2D eigenvalue weighted by atomic mass is 9.98. The van der Waals surface area contributed by atoms with Crippen LogP contribution in [0.3, 0.4) is 0 Å². The van der Waals surface area contributed by atoms with Gasteiger partial charge in [-0.05, 0) is 37.8 Å². The van der Waals surface area contributed by atoms with E-state index >= 15 is 0 Å². The minimum Gasteiger partial charge on any atom is -0.469 e. The van der Waals surface area contributed by atoms with Crippen molar-refractivity contribution in [3.8, 4) is 0 Å². The number of furan rings is 1. The number of piperidine rings is 1. The van der Waals surface area contributed by atoms with Gasteiger partial charge in [-0.1, -0.05) is 0 Å². The highest BCUT2D eigenvalue weighted by molar-refractivity contribution is 5.01. The van der Waals surface area contributed by atoms with E-state index in [0.29, 0.717) is 6.04 Å². The zero-order chi connectivity index (χ0) is 11.0. The van der Waals surface area contributed by atoms with Crippen LogP contribution in [0.25, 0.3) is 0 Å². The average Bonchev–Trinajstić information content (AvgIpc) is 2.83. The maximum Gasteiger partial charge on any atom is 0.105 e. The number of hydrogen-bond acceptors (Lipinski definition) is 3. The van der Waals surface area contributed by atoms with Crippen molar-refractivity contribution in [1.82, 2.24) is 4.90 Å². The van der Waals surface area contributed by atoms with Crippen LogP contribution < -0.4 is 5.73 Å². The summed E-state index contributed by atoms with van der Waals surface area (Å²) in [6.07, 6.45) is 7.86. The van der Waals surface area contributed by atoms with Gasteiger partial charge in [0, 0.05) is 31.1 Å². The van der Waals surface area contributed by atoms with Gasteiger partial charge in [-0.2, -0.15) is 0 Å². The Morgan fingerprint density at radius 3 is 2.69 bits per heavy atom. The highest BCUT2D eigenvalue weighted by atomic mass is 16.3. The summed E-state index contributed by atoms with van der Waals surface area (Å²) in [5, 5.41) is 0. The van der Waals surface area contributed by atoms with Crippen LogP contribution in [-0.4, -0.2) is 29.6 Å². The van der Waals surface area contributed by atoms with Gasteiger partial charge >= 0.3 is 0 Å². The Kier molecular flexibility index (Phi) is 2.74. The number of hydrogen-bond donors (Lipinski definition) is 1. The van der Waals surface area contributed by atoms with Crippen molar-refractivity contribution in [3.05, 3.63) is 24.2 Å². The van der Waals surface area contributed by atoms with Crippen LogP contribution in [0.4, 0.5) is 0 Å². The smallest absolute Gasteiger partial charge is 0.105 e. The molecule has 0 saturated carbocycles. The van der Waals surface area contributed by atoms with Crippen molar-refractivity contribution in [2.24, 2.45) is 5.73 Å². The van der Waals surface area contributed by atoms with Gasteiger partial charge in [-0.3, -0.25) is 4.90 Å². The van der Waals surface area contributed by atoms with Crippen LogP contribution in [-0.2, 0) is 6.42 Å². The van der Waals surface area contributed by atoms with Gasteiger partial charge in [0.05, 0.1) is 6.26 Å². The first-order chi connectivity index (χ1) is 7.83. The number of nitrogens with two attached hydrogens (primary N) is 1. The second-order valence-corrected chi connectivity index (χ2v) is 5.18. The van der Waals surface area contributed by atoms with Crippen molar-refractivity contribution < 1.29 is 4.42 Å². The molecule has 0 aliphatic carbocycles. The Bertz CT molecular complexity index is 322. The molecule has 1 aromatic heterocycles. The topological polar surface area (TPSA) is 42.4 Å². The molecular formula is C13H20N2O. The Balaban J connectivity index is 1.59. The monoisotopic (exact) mass is 220 g/mol. The second-order valence-electron chi connectivity index (χ2n) is 5.18. The maximum absolute atomic E-state index is 6.06. The van der Waals surface area contributed by atoms with Crippen LogP contribution in [0.15, 0.2) is 22.8 Å². The lowest BCUT2D eigenvalue weighted by molar-refractivity contribution is 0.127. The van der Waals surface area contributed by atoms with E-state index in [-0.39, 0.29) is 0 Å². The van der Waals surface area contributed by atoms with Crippen molar-refractivity contribution in [1.29, 1.82) is 0 Å². The summed E-state index contributed by atoms with van der Waals surface area (Å²) in [7, 11) is 0. The quantitative estimate of drug-likeness (QED) is 0.844. The fourth-order valence-electron chi connectivity index (χ4n) is 3.38. The predicted molar refractivity (Wildman–Crippen MR) is 63.1 cm³/mol. The minimum absolute atomic E-state index is 0.442. The van der Waals surface area contributed by atoms with Gasteiger partial charge in [-0.15, -0.1) is 0 Å². The van der Waals surface area contributed by atoms with E-state index in [4.69, 9.17) is 10.2 Å². The Morgan fingerprint density at radius 2 is 2.06 bits per heavy atom. The first-order valence-corrected chi connectivity index (χ1v) is 6.36. The molecule has 0 amide bonds. The van der Waals surface area contributed by atoms with Gasteiger partial charge in [0.1, 0.15) is 5.76 Å². The lowest BCUT2D eigenvalue weighted by Crippen LogP contribution is -2.48. The molecule has 0 aromatic carbocycles. The third-order valence-corrected chi connectivity index (χ3v) is 4.12. The van der Waals surface area contributed by atoms with Gasteiger partial charge in [-0.25, -0.2) is 0 Å². The van der Waals surface area contributed by atoms with Crippen molar-refractivity contribution in [2.45, 2.75) is 50.2 Å². The van der Waals surface area contributed by atoms with Gasteiger partial charge < -0.3 is 10.2 Å². The van der Waals surface area contributed by atoms with Gasteiger partial charge in [0.25, 0.3) is 0 Å². The first-order valence-electron chi connectivity index (χ1n) is 6.36. The summed E-state index contributed by atoms with van der Waals surface area (Å²) >= 11 is 0. The predicted octanol–water partition coefficient (Wildman–Crippen LogP) is 1.78. The molecule has 16 heavy (non-hydrogen) atoms. The summed E-state index contributed by atoms with van der Waals surface area (Å²) in [6.45, 7) is 1.13. The van der Waals surface area contributed by atoms with Crippen molar-refractivity contribution >= 4 is 0 Å². The van der Waals surface area contributed by atoms with Crippen molar-refractivity contribution in [2.75, 3.05) is 6.54 Å². The van der Waals surface area contributed by atoms with E-state index in [1.807, 2.05) is 6.07 Å². The van der Waals surface area contributed by atoms with E-state index in [0.717, 1.165) is 30.8 Å². The van der Waals surface area contributed by atoms with E-state index < -0.39 is 0 Å². The van der Waals surface area contributed by atoms with E-state index in [1.54, 1.807) is 6.26 Å². The Hall–Kier alpha value is -0.800. The van der Waals surface area contributed by atoms with Gasteiger partial charge in [0.15, 0.2) is 0 Å². The molecule has 1 aromatic rings. The summed E-state index contributed by atoms with van der Waals surface area (Å²) in [5.41, 5.74) is 6.06. The summed E-state index contributed by atoms with van der Waals surface area (Å²) in [5.74, 6) is 1.11. The molecule has 3 rings (SSSR count). The Morgan fingerprint density at radius 1 is 1.31 bits per heavy atom. The van der Waals surface area contributed by atoms with Gasteiger partial charge in [0.2, 0.25) is 0 Å². The fourth-order valence-corrected chi connectivity index (χ4v) is 3.38. The van der Waals surface area contributed by atoms with Crippen LogP contribution >= 0.6 is 0 Å². The second kappa shape index (κ2) is 4.22.